The van der Waals surface area contributed by atoms with Gasteiger partial charge in [-0.3, -0.25) is 0 Å². The third-order valence-corrected chi connectivity index (χ3v) is 2.86. The molecule has 0 saturated heterocycles. The maximum atomic E-state index is 13.4. The van der Waals surface area contributed by atoms with Gasteiger partial charge in [-0.2, -0.15) is 0 Å². The molecule has 2 N–H and O–H groups in total. The fourth-order valence-electron chi connectivity index (χ4n) is 1.84. The fourth-order valence-corrected chi connectivity index (χ4v) is 1.84. The number of nitrogens with zero attached hydrogens (tertiary/aromatic N) is 1. The number of benzene rings is 1. The molecule has 2 rings (SSSR count). The second kappa shape index (κ2) is 5.73. The molecular formula is C14H14F2N2O2. The smallest absolute Gasteiger partial charge is 0.355 e. The van der Waals surface area contributed by atoms with Gasteiger partial charge in [0, 0.05) is 18.3 Å². The summed E-state index contributed by atoms with van der Waals surface area (Å²) in [5, 5.41) is 0. The van der Waals surface area contributed by atoms with Crippen molar-refractivity contribution in [2.24, 2.45) is 0 Å². The maximum absolute atomic E-state index is 13.4. The molecular weight excluding hydrogens is 266 g/mol. The Kier molecular flexibility index (Phi) is 4.02. The van der Waals surface area contributed by atoms with Crippen LogP contribution in [-0.2, 0) is 17.9 Å². The zero-order chi connectivity index (χ0) is 14.7. The highest BCUT2D eigenvalue weighted by atomic mass is 19.2. The largest absolute Gasteiger partial charge is 0.456 e. The van der Waals surface area contributed by atoms with Crippen LogP contribution in [0.5, 0.6) is 0 Å². The Morgan fingerprint density at radius 2 is 2.15 bits per heavy atom. The summed E-state index contributed by atoms with van der Waals surface area (Å²) in [6, 6.07) is 5.20. The molecule has 0 fully saturated rings. The van der Waals surface area contributed by atoms with Gasteiger partial charge in [0.25, 0.3) is 0 Å². The van der Waals surface area contributed by atoms with Crippen LogP contribution in [-0.4, -0.2) is 10.5 Å². The number of carbonyl (C=O) groups excluding carboxylic acids is 1. The van der Waals surface area contributed by atoms with E-state index in [-0.39, 0.29) is 17.9 Å². The van der Waals surface area contributed by atoms with E-state index < -0.39 is 17.6 Å². The molecule has 1 aromatic carbocycles. The summed E-state index contributed by atoms with van der Waals surface area (Å²) in [6.07, 6.45) is 1.61. The van der Waals surface area contributed by atoms with E-state index in [1.54, 1.807) is 10.8 Å². The van der Waals surface area contributed by atoms with E-state index in [9.17, 15) is 13.6 Å². The van der Waals surface area contributed by atoms with E-state index >= 15 is 0 Å². The van der Waals surface area contributed by atoms with Crippen LogP contribution in [0.15, 0.2) is 30.5 Å². The molecule has 0 atom stereocenters. The molecule has 0 unspecified atom stereocenters. The van der Waals surface area contributed by atoms with Crippen LogP contribution < -0.4 is 5.73 Å². The maximum Gasteiger partial charge on any atom is 0.355 e. The predicted molar refractivity (Wildman–Crippen MR) is 70.0 cm³/mol. The molecule has 6 heteroatoms. The molecule has 0 aliphatic rings. The van der Waals surface area contributed by atoms with Gasteiger partial charge in [-0.25, -0.2) is 13.6 Å². The second-order valence-corrected chi connectivity index (χ2v) is 4.23. The number of esters is 1. The lowest BCUT2D eigenvalue weighted by Gasteiger charge is -2.08. The zero-order valence-electron chi connectivity index (χ0n) is 10.9. The number of rotatable bonds is 4. The number of aromatic nitrogens is 1. The SMILES string of the molecule is CCn1cc(N)cc1C(=O)OCc1cccc(F)c1F. The van der Waals surface area contributed by atoms with Gasteiger partial charge in [0.2, 0.25) is 0 Å². The quantitative estimate of drug-likeness (QED) is 0.876. The summed E-state index contributed by atoms with van der Waals surface area (Å²) >= 11 is 0. The first-order valence-electron chi connectivity index (χ1n) is 6.08. The molecule has 20 heavy (non-hydrogen) atoms. The number of halogens is 2. The van der Waals surface area contributed by atoms with Gasteiger partial charge in [0.15, 0.2) is 11.6 Å². The molecule has 0 saturated carbocycles. The first kappa shape index (κ1) is 14.0. The van der Waals surface area contributed by atoms with Gasteiger partial charge < -0.3 is 15.0 Å². The third-order valence-electron chi connectivity index (χ3n) is 2.86. The number of ether oxygens (including phenoxy) is 1. The van der Waals surface area contributed by atoms with Gasteiger partial charge in [-0.05, 0) is 19.1 Å². The molecule has 0 aliphatic heterocycles. The molecule has 0 radical (unpaired) electrons. The highest BCUT2D eigenvalue weighted by Crippen LogP contribution is 2.15. The topological polar surface area (TPSA) is 57.2 Å². The third kappa shape index (κ3) is 2.79. The highest BCUT2D eigenvalue weighted by Gasteiger charge is 2.15. The van der Waals surface area contributed by atoms with Crippen molar-refractivity contribution in [2.45, 2.75) is 20.1 Å². The number of aryl methyl sites for hydroxylation is 1. The summed E-state index contributed by atoms with van der Waals surface area (Å²) in [7, 11) is 0. The molecule has 1 aromatic heterocycles. The van der Waals surface area contributed by atoms with Crippen molar-refractivity contribution >= 4 is 11.7 Å². The normalized spacial score (nSPS) is 10.6. The average molecular weight is 280 g/mol. The van der Waals surface area contributed by atoms with Crippen LogP contribution in [0.25, 0.3) is 0 Å². The van der Waals surface area contributed by atoms with Crippen molar-refractivity contribution in [1.29, 1.82) is 0 Å². The van der Waals surface area contributed by atoms with Crippen molar-refractivity contribution < 1.29 is 18.3 Å². The Balaban J connectivity index is 2.10. The lowest BCUT2D eigenvalue weighted by molar-refractivity contribution is 0.0455. The van der Waals surface area contributed by atoms with Crippen LogP contribution in [0, 0.1) is 11.6 Å². The lowest BCUT2D eigenvalue weighted by atomic mass is 10.2. The van der Waals surface area contributed by atoms with Gasteiger partial charge in [-0.1, -0.05) is 12.1 Å². The zero-order valence-corrected chi connectivity index (χ0v) is 10.9. The Morgan fingerprint density at radius 1 is 1.40 bits per heavy atom. The Labute approximate surface area is 114 Å². The summed E-state index contributed by atoms with van der Waals surface area (Å²) < 4.78 is 33.0. The van der Waals surface area contributed by atoms with Gasteiger partial charge in [-0.15, -0.1) is 0 Å². The van der Waals surface area contributed by atoms with Crippen molar-refractivity contribution in [3.8, 4) is 0 Å². The van der Waals surface area contributed by atoms with Gasteiger partial charge in [0.1, 0.15) is 12.3 Å². The van der Waals surface area contributed by atoms with E-state index in [4.69, 9.17) is 10.5 Å². The van der Waals surface area contributed by atoms with Crippen molar-refractivity contribution in [2.75, 3.05) is 5.73 Å². The monoisotopic (exact) mass is 280 g/mol. The Hall–Kier alpha value is -2.37. The summed E-state index contributed by atoms with van der Waals surface area (Å²) in [5.41, 5.74) is 6.31. The predicted octanol–water partition coefficient (Wildman–Crippen LogP) is 2.73. The first-order valence-corrected chi connectivity index (χ1v) is 6.08. The molecule has 2 aromatic rings. The van der Waals surface area contributed by atoms with Crippen molar-refractivity contribution in [3.05, 3.63) is 53.4 Å². The van der Waals surface area contributed by atoms with Gasteiger partial charge >= 0.3 is 5.97 Å². The van der Waals surface area contributed by atoms with Gasteiger partial charge in [0.05, 0.1) is 5.69 Å². The second-order valence-electron chi connectivity index (χ2n) is 4.23. The minimum atomic E-state index is -1.01. The van der Waals surface area contributed by atoms with E-state index in [2.05, 4.69) is 0 Å². The van der Waals surface area contributed by atoms with Crippen LogP contribution in [0.1, 0.15) is 23.0 Å². The summed E-state index contributed by atoms with van der Waals surface area (Å²) in [6.45, 7) is 2.07. The fraction of sp³-hybridized carbons (Fsp3) is 0.214. The molecule has 1 heterocycles. The number of nitrogens with two attached hydrogens (primary N) is 1. The van der Waals surface area contributed by atoms with E-state index in [1.807, 2.05) is 6.92 Å². The van der Waals surface area contributed by atoms with Crippen LogP contribution in [0.3, 0.4) is 0 Å². The molecule has 4 nitrogen and oxygen atoms in total. The van der Waals surface area contributed by atoms with Crippen LogP contribution in [0.4, 0.5) is 14.5 Å². The van der Waals surface area contributed by atoms with E-state index in [0.717, 1.165) is 6.07 Å². The standard InChI is InChI=1S/C14H14F2N2O2/c1-2-18-7-10(17)6-12(18)14(19)20-8-9-4-3-5-11(15)13(9)16/h3-7H,2,8,17H2,1H3. The number of hydrogen-bond acceptors (Lipinski definition) is 3. The van der Waals surface area contributed by atoms with Crippen LogP contribution in [0.2, 0.25) is 0 Å². The highest BCUT2D eigenvalue weighted by molar-refractivity contribution is 5.89. The molecule has 106 valence electrons. The Bertz CT molecular complexity index is 638. The van der Waals surface area contributed by atoms with E-state index in [1.165, 1.54) is 18.2 Å². The number of hydrogen-bond donors (Lipinski definition) is 1. The minimum absolute atomic E-state index is 0.0130. The average Bonchev–Trinajstić information content (AvgIpc) is 2.81. The minimum Gasteiger partial charge on any atom is -0.456 e. The number of carbonyl (C=O) groups is 1. The van der Waals surface area contributed by atoms with Crippen molar-refractivity contribution in [1.82, 2.24) is 4.57 Å². The number of anilines is 1. The first-order chi connectivity index (χ1) is 9.52. The van der Waals surface area contributed by atoms with Crippen molar-refractivity contribution in [3.63, 3.8) is 0 Å². The lowest BCUT2D eigenvalue weighted by Crippen LogP contribution is -2.11. The molecule has 0 amide bonds. The summed E-state index contributed by atoms with van der Waals surface area (Å²) in [5.74, 6) is -2.61. The summed E-state index contributed by atoms with van der Waals surface area (Å²) in [4.78, 5) is 11.9. The molecule has 0 bridgehead atoms. The van der Waals surface area contributed by atoms with Crippen LogP contribution >= 0.6 is 0 Å². The molecule has 0 aliphatic carbocycles. The molecule has 0 spiro atoms. The number of nitrogen functional groups attached to an aromatic ring is 1. The van der Waals surface area contributed by atoms with E-state index in [0.29, 0.717) is 12.2 Å². The Morgan fingerprint density at radius 3 is 2.85 bits per heavy atom.